The van der Waals surface area contributed by atoms with E-state index in [4.69, 9.17) is 10.5 Å². The van der Waals surface area contributed by atoms with Crippen LogP contribution in [-0.4, -0.2) is 26.1 Å². The van der Waals surface area contributed by atoms with E-state index in [9.17, 15) is 4.79 Å². The van der Waals surface area contributed by atoms with Gasteiger partial charge in [0.05, 0.1) is 7.11 Å². The van der Waals surface area contributed by atoms with Crippen LogP contribution < -0.4 is 20.4 Å². The van der Waals surface area contributed by atoms with E-state index in [0.29, 0.717) is 19.5 Å². The van der Waals surface area contributed by atoms with E-state index < -0.39 is 0 Å². The van der Waals surface area contributed by atoms with Gasteiger partial charge in [0.25, 0.3) is 0 Å². The van der Waals surface area contributed by atoms with Crippen LogP contribution in [0.25, 0.3) is 33.8 Å². The van der Waals surface area contributed by atoms with Gasteiger partial charge >= 0.3 is 0 Å². The van der Waals surface area contributed by atoms with Crippen LogP contribution in [0.1, 0.15) is 36.9 Å². The Kier molecular flexibility index (Phi) is 8.47. The lowest BCUT2D eigenvalue weighted by molar-refractivity contribution is -0.673. The first-order chi connectivity index (χ1) is 17.2. The smallest absolute Gasteiger partial charge is 0.220 e. The molecule has 3 N–H and O–H groups in total. The molecule has 0 saturated heterocycles. The summed E-state index contributed by atoms with van der Waals surface area (Å²) in [5, 5.41) is 6.42. The first-order valence-corrected chi connectivity index (χ1v) is 12.3. The van der Waals surface area contributed by atoms with Crippen molar-refractivity contribution in [3.63, 3.8) is 0 Å². The summed E-state index contributed by atoms with van der Waals surface area (Å²) in [5.74, 6) is 0.945. The highest BCUT2D eigenvalue weighted by Gasteiger charge is 2.14. The van der Waals surface area contributed by atoms with Crippen LogP contribution in [0.5, 0.6) is 5.75 Å². The highest BCUT2D eigenvalue weighted by atomic mass is 16.5. The van der Waals surface area contributed by atoms with Gasteiger partial charge in [0.15, 0.2) is 0 Å². The molecule has 0 aliphatic carbocycles. The summed E-state index contributed by atoms with van der Waals surface area (Å²) < 4.78 is 8.05. The van der Waals surface area contributed by atoms with E-state index in [0.717, 1.165) is 42.8 Å². The van der Waals surface area contributed by atoms with E-state index in [1.54, 1.807) is 7.11 Å². The molecule has 0 aliphatic rings. The Bertz CT molecular complexity index is 1330. The highest BCUT2D eigenvalue weighted by molar-refractivity contribution is 5.95. The summed E-state index contributed by atoms with van der Waals surface area (Å²) in [6.07, 6.45) is 7.75. The number of fused-ring (bicyclic) bond motifs is 2. The standard InChI is InChI=1S/C30H33N3O2/c1-35-29-19-15-23-9-4-6-11-26(23)27(29)18-17-25-16-14-24-10-5-7-12-28(24)33(25)22-8-2-3-13-30(34)32-21-20-31/h4-7,9-12,14-19H,2-3,8,13,20-22,31H2,1H3/p+1/b18-17+. The van der Waals surface area contributed by atoms with Gasteiger partial charge < -0.3 is 15.8 Å². The molecule has 1 aromatic heterocycles. The van der Waals surface area contributed by atoms with Crippen molar-refractivity contribution in [3.8, 4) is 5.75 Å². The first kappa shape index (κ1) is 24.4. The first-order valence-electron chi connectivity index (χ1n) is 12.3. The molecule has 0 atom stereocenters. The topological polar surface area (TPSA) is 68.2 Å². The molecule has 3 aromatic carbocycles. The molecule has 35 heavy (non-hydrogen) atoms. The van der Waals surface area contributed by atoms with Gasteiger partial charge in [-0.25, -0.2) is 0 Å². The molecule has 4 aromatic rings. The quantitative estimate of drug-likeness (QED) is 0.238. The zero-order valence-corrected chi connectivity index (χ0v) is 20.4. The second-order valence-corrected chi connectivity index (χ2v) is 8.65. The van der Waals surface area contributed by atoms with Crippen LogP contribution in [0.15, 0.2) is 72.8 Å². The maximum absolute atomic E-state index is 11.8. The molecule has 0 spiro atoms. The summed E-state index contributed by atoms with van der Waals surface area (Å²) in [7, 11) is 1.72. The van der Waals surface area contributed by atoms with E-state index in [1.807, 2.05) is 6.07 Å². The van der Waals surface area contributed by atoms with Crippen molar-refractivity contribution in [1.82, 2.24) is 5.32 Å². The lowest BCUT2D eigenvalue weighted by Crippen LogP contribution is -2.38. The summed E-state index contributed by atoms with van der Waals surface area (Å²) in [6, 6.07) is 25.3. The third-order valence-corrected chi connectivity index (χ3v) is 6.30. The number of aromatic nitrogens is 1. The van der Waals surface area contributed by atoms with Crippen LogP contribution in [0.3, 0.4) is 0 Å². The second-order valence-electron chi connectivity index (χ2n) is 8.65. The number of ether oxygens (including phenoxy) is 1. The zero-order chi connectivity index (χ0) is 24.5. The number of amides is 1. The lowest BCUT2D eigenvalue weighted by Gasteiger charge is -2.09. The normalized spacial score (nSPS) is 11.4. The average Bonchev–Trinajstić information content (AvgIpc) is 2.90. The van der Waals surface area contributed by atoms with Crippen molar-refractivity contribution in [2.24, 2.45) is 5.73 Å². The number of aryl methyl sites for hydroxylation is 1. The van der Waals surface area contributed by atoms with Crippen molar-refractivity contribution in [1.29, 1.82) is 0 Å². The number of nitrogens with zero attached hydrogens (tertiary/aromatic N) is 1. The molecular formula is C30H34N3O2+. The van der Waals surface area contributed by atoms with E-state index in [2.05, 4.69) is 88.8 Å². The van der Waals surface area contributed by atoms with Crippen molar-refractivity contribution >= 4 is 39.7 Å². The Labute approximate surface area is 207 Å². The molecule has 5 nitrogen and oxygen atoms in total. The number of hydrogen-bond acceptors (Lipinski definition) is 3. The number of pyridine rings is 1. The number of nitrogens with two attached hydrogens (primary N) is 1. The lowest BCUT2D eigenvalue weighted by atomic mass is 10.0. The van der Waals surface area contributed by atoms with Gasteiger partial charge in [-0.3, -0.25) is 4.79 Å². The number of carbonyl (C=O) groups is 1. The number of unbranched alkanes of at least 4 members (excludes halogenated alkanes) is 2. The predicted molar refractivity (Wildman–Crippen MR) is 144 cm³/mol. The molecule has 0 radical (unpaired) electrons. The Morgan fingerprint density at radius 1 is 0.914 bits per heavy atom. The van der Waals surface area contributed by atoms with Crippen LogP contribution >= 0.6 is 0 Å². The second kappa shape index (κ2) is 12.1. The zero-order valence-electron chi connectivity index (χ0n) is 20.4. The van der Waals surface area contributed by atoms with Gasteiger partial charge in [0, 0.05) is 55.1 Å². The Morgan fingerprint density at radius 3 is 2.51 bits per heavy atom. The monoisotopic (exact) mass is 468 g/mol. The number of rotatable bonds is 11. The van der Waals surface area contributed by atoms with Gasteiger partial charge in [-0.2, -0.15) is 4.57 Å². The molecule has 1 amide bonds. The summed E-state index contributed by atoms with van der Waals surface area (Å²) in [5.41, 5.74) is 8.88. The molecule has 0 fully saturated rings. The molecule has 4 rings (SSSR count). The molecule has 0 bridgehead atoms. The van der Waals surface area contributed by atoms with Crippen molar-refractivity contribution in [3.05, 3.63) is 84.1 Å². The van der Waals surface area contributed by atoms with E-state index >= 15 is 0 Å². The highest BCUT2D eigenvalue weighted by Crippen LogP contribution is 2.29. The molecule has 0 saturated carbocycles. The fraction of sp³-hybridized carbons (Fsp3) is 0.267. The van der Waals surface area contributed by atoms with Gasteiger partial charge in [0.1, 0.15) is 12.3 Å². The Morgan fingerprint density at radius 2 is 1.69 bits per heavy atom. The maximum atomic E-state index is 11.8. The molecular weight excluding hydrogens is 434 g/mol. The Hall–Kier alpha value is -3.70. The fourth-order valence-electron chi connectivity index (χ4n) is 4.50. The van der Waals surface area contributed by atoms with Crippen LogP contribution in [0, 0.1) is 0 Å². The Balaban J connectivity index is 1.57. The van der Waals surface area contributed by atoms with Gasteiger partial charge in [0.2, 0.25) is 17.1 Å². The number of benzene rings is 3. The molecule has 1 heterocycles. The minimum absolute atomic E-state index is 0.0842. The van der Waals surface area contributed by atoms with Crippen LogP contribution in [0.2, 0.25) is 0 Å². The van der Waals surface area contributed by atoms with Gasteiger partial charge in [-0.15, -0.1) is 0 Å². The largest absolute Gasteiger partial charge is 0.496 e. The summed E-state index contributed by atoms with van der Waals surface area (Å²) >= 11 is 0. The van der Waals surface area contributed by atoms with Crippen LogP contribution in [-0.2, 0) is 11.3 Å². The number of nitrogens with one attached hydrogen (secondary N) is 1. The molecule has 180 valence electrons. The van der Waals surface area contributed by atoms with Crippen molar-refractivity contribution in [2.45, 2.75) is 32.2 Å². The third kappa shape index (κ3) is 6.06. The fourth-order valence-corrected chi connectivity index (χ4v) is 4.50. The summed E-state index contributed by atoms with van der Waals surface area (Å²) in [6.45, 7) is 1.91. The molecule has 0 aliphatic heterocycles. The number of hydrogen-bond donors (Lipinski definition) is 2. The summed E-state index contributed by atoms with van der Waals surface area (Å²) in [4.78, 5) is 11.8. The average molecular weight is 469 g/mol. The van der Waals surface area contributed by atoms with E-state index in [1.165, 1.54) is 21.7 Å². The molecule has 5 heteroatoms. The number of methoxy groups -OCH3 is 1. The third-order valence-electron chi connectivity index (χ3n) is 6.30. The minimum atomic E-state index is 0.0842. The van der Waals surface area contributed by atoms with Crippen molar-refractivity contribution in [2.75, 3.05) is 20.2 Å². The number of carbonyl (C=O) groups excluding carboxylic acids is 1. The SMILES string of the molecule is COc1ccc2ccccc2c1/C=C/c1ccc2ccccc2[n+]1CCCCCC(=O)NCCN. The van der Waals surface area contributed by atoms with Gasteiger partial charge in [-0.1, -0.05) is 42.5 Å². The maximum Gasteiger partial charge on any atom is 0.220 e. The van der Waals surface area contributed by atoms with E-state index in [-0.39, 0.29) is 5.91 Å². The predicted octanol–water partition coefficient (Wildman–Crippen LogP) is 5.09. The van der Waals surface area contributed by atoms with Gasteiger partial charge in [-0.05, 0) is 47.9 Å². The molecule has 0 unspecified atom stereocenters. The minimum Gasteiger partial charge on any atom is -0.496 e. The van der Waals surface area contributed by atoms with Crippen molar-refractivity contribution < 1.29 is 14.1 Å². The van der Waals surface area contributed by atoms with Crippen LogP contribution in [0.4, 0.5) is 0 Å². The number of para-hydroxylation sites is 1.